The fourth-order valence-corrected chi connectivity index (χ4v) is 4.77. The maximum absolute atomic E-state index is 2.83. The second kappa shape index (κ2) is 5.00. The van der Waals surface area contributed by atoms with Crippen molar-refractivity contribution >= 4 is 0 Å². The fourth-order valence-electron chi connectivity index (χ4n) is 4.77. The standard InChI is InChI=1S/C17H29N/c1-3-4-7-14-12-17(2)16-9-6-5-8-15(16)10-11-18(17)13-14/h14H,3-13H2,1-2H3/t14-,17+/m0/s1. The van der Waals surface area contributed by atoms with E-state index < -0.39 is 0 Å². The van der Waals surface area contributed by atoms with Crippen molar-refractivity contribution in [1.82, 2.24) is 4.90 Å². The van der Waals surface area contributed by atoms with Crippen LogP contribution >= 0.6 is 0 Å². The molecule has 3 aliphatic rings. The molecule has 0 aromatic heterocycles. The first-order chi connectivity index (χ1) is 8.74. The zero-order chi connectivity index (χ0) is 12.6. The highest BCUT2D eigenvalue weighted by Gasteiger charge is 2.46. The van der Waals surface area contributed by atoms with Gasteiger partial charge in [-0.3, -0.25) is 4.90 Å². The summed E-state index contributed by atoms with van der Waals surface area (Å²) in [4.78, 5) is 2.83. The topological polar surface area (TPSA) is 3.24 Å². The monoisotopic (exact) mass is 247 g/mol. The van der Waals surface area contributed by atoms with Crippen molar-refractivity contribution in [2.75, 3.05) is 13.1 Å². The maximum Gasteiger partial charge on any atom is 0.0398 e. The van der Waals surface area contributed by atoms with Gasteiger partial charge in [-0.2, -0.15) is 0 Å². The minimum atomic E-state index is 0.465. The maximum atomic E-state index is 2.83. The highest BCUT2D eigenvalue weighted by molar-refractivity contribution is 5.32. The highest BCUT2D eigenvalue weighted by Crippen LogP contribution is 2.48. The average molecular weight is 247 g/mol. The van der Waals surface area contributed by atoms with Gasteiger partial charge in [0, 0.05) is 18.6 Å². The summed E-state index contributed by atoms with van der Waals surface area (Å²) in [6, 6.07) is 0. The van der Waals surface area contributed by atoms with Crippen LogP contribution in [0.1, 0.15) is 71.6 Å². The third-order valence-electron chi connectivity index (χ3n) is 5.74. The lowest BCUT2D eigenvalue weighted by molar-refractivity contribution is 0.166. The Hall–Kier alpha value is -0.300. The number of fused-ring (bicyclic) bond motifs is 2. The molecular formula is C17H29N. The molecule has 102 valence electrons. The Morgan fingerprint density at radius 1 is 1.22 bits per heavy atom. The highest BCUT2D eigenvalue weighted by atomic mass is 15.2. The van der Waals surface area contributed by atoms with E-state index in [1.807, 2.05) is 11.1 Å². The molecule has 3 rings (SSSR count). The molecule has 18 heavy (non-hydrogen) atoms. The van der Waals surface area contributed by atoms with Gasteiger partial charge in [0.15, 0.2) is 0 Å². The van der Waals surface area contributed by atoms with Gasteiger partial charge in [0.1, 0.15) is 0 Å². The van der Waals surface area contributed by atoms with E-state index in [4.69, 9.17) is 0 Å². The van der Waals surface area contributed by atoms with Crippen LogP contribution in [0.4, 0.5) is 0 Å². The molecule has 0 unspecified atom stereocenters. The molecule has 0 saturated carbocycles. The summed E-state index contributed by atoms with van der Waals surface area (Å²) in [5, 5.41) is 0. The Bertz CT molecular complexity index is 344. The van der Waals surface area contributed by atoms with Crippen LogP contribution in [0.5, 0.6) is 0 Å². The molecule has 1 aliphatic carbocycles. The van der Waals surface area contributed by atoms with E-state index in [1.54, 1.807) is 0 Å². The molecule has 0 spiro atoms. The Morgan fingerprint density at radius 3 is 2.89 bits per heavy atom. The zero-order valence-electron chi connectivity index (χ0n) is 12.3. The van der Waals surface area contributed by atoms with Crippen molar-refractivity contribution in [1.29, 1.82) is 0 Å². The first-order valence-corrected chi connectivity index (χ1v) is 8.20. The summed E-state index contributed by atoms with van der Waals surface area (Å²) in [5.74, 6) is 0.976. The van der Waals surface area contributed by atoms with E-state index in [-0.39, 0.29) is 0 Å². The van der Waals surface area contributed by atoms with Crippen molar-refractivity contribution in [2.45, 2.75) is 77.2 Å². The minimum Gasteiger partial charge on any atom is -0.294 e. The quantitative estimate of drug-likeness (QED) is 0.662. The van der Waals surface area contributed by atoms with Gasteiger partial charge in [-0.25, -0.2) is 0 Å². The molecule has 2 aliphatic heterocycles. The second-order valence-electron chi connectivity index (χ2n) is 6.97. The fraction of sp³-hybridized carbons (Fsp3) is 0.882. The van der Waals surface area contributed by atoms with Gasteiger partial charge in [0.2, 0.25) is 0 Å². The van der Waals surface area contributed by atoms with Crippen molar-refractivity contribution < 1.29 is 0 Å². The van der Waals surface area contributed by atoms with Crippen LogP contribution in [0, 0.1) is 5.92 Å². The van der Waals surface area contributed by atoms with E-state index in [9.17, 15) is 0 Å². The third-order valence-corrected chi connectivity index (χ3v) is 5.74. The first-order valence-electron chi connectivity index (χ1n) is 8.20. The molecule has 2 atom stereocenters. The Balaban J connectivity index is 1.78. The lowest BCUT2D eigenvalue weighted by Gasteiger charge is -2.45. The Morgan fingerprint density at radius 2 is 2.06 bits per heavy atom. The molecule has 2 heterocycles. The van der Waals surface area contributed by atoms with Crippen LogP contribution < -0.4 is 0 Å². The molecule has 0 bridgehead atoms. The van der Waals surface area contributed by atoms with Gasteiger partial charge in [-0.1, -0.05) is 30.9 Å². The molecule has 0 aromatic carbocycles. The van der Waals surface area contributed by atoms with Crippen LogP contribution in [-0.2, 0) is 0 Å². The van der Waals surface area contributed by atoms with Crippen LogP contribution in [0.3, 0.4) is 0 Å². The molecule has 1 fully saturated rings. The molecule has 0 N–H and O–H groups in total. The minimum absolute atomic E-state index is 0.465. The summed E-state index contributed by atoms with van der Waals surface area (Å²) in [7, 11) is 0. The van der Waals surface area contributed by atoms with Gasteiger partial charge < -0.3 is 0 Å². The van der Waals surface area contributed by atoms with Crippen LogP contribution in [0.25, 0.3) is 0 Å². The molecular weight excluding hydrogens is 218 g/mol. The number of hydrogen-bond acceptors (Lipinski definition) is 1. The predicted octanol–water partition coefficient (Wildman–Crippen LogP) is 4.53. The van der Waals surface area contributed by atoms with E-state index in [2.05, 4.69) is 18.7 Å². The smallest absolute Gasteiger partial charge is 0.0398 e. The van der Waals surface area contributed by atoms with Crippen molar-refractivity contribution in [3.8, 4) is 0 Å². The van der Waals surface area contributed by atoms with E-state index >= 15 is 0 Å². The normalized spacial score (nSPS) is 36.7. The van der Waals surface area contributed by atoms with E-state index in [0.29, 0.717) is 5.54 Å². The molecule has 0 aromatic rings. The second-order valence-corrected chi connectivity index (χ2v) is 6.97. The van der Waals surface area contributed by atoms with Crippen molar-refractivity contribution in [2.24, 2.45) is 5.92 Å². The van der Waals surface area contributed by atoms with Gasteiger partial charge in [0.25, 0.3) is 0 Å². The van der Waals surface area contributed by atoms with E-state index in [0.717, 1.165) is 5.92 Å². The van der Waals surface area contributed by atoms with Gasteiger partial charge in [-0.15, -0.1) is 0 Å². The SMILES string of the molecule is CCCC[C@@H]1CN2CCC3=C(CCCC3)[C@@]2(C)C1. The van der Waals surface area contributed by atoms with Crippen LogP contribution in [-0.4, -0.2) is 23.5 Å². The van der Waals surface area contributed by atoms with Gasteiger partial charge >= 0.3 is 0 Å². The van der Waals surface area contributed by atoms with Crippen molar-refractivity contribution in [3.05, 3.63) is 11.1 Å². The zero-order valence-corrected chi connectivity index (χ0v) is 12.3. The molecule has 0 amide bonds. The largest absolute Gasteiger partial charge is 0.294 e. The number of hydrogen-bond donors (Lipinski definition) is 0. The summed E-state index contributed by atoms with van der Waals surface area (Å²) in [5.41, 5.74) is 4.20. The Labute approximate surface area is 113 Å². The number of rotatable bonds is 3. The Kier molecular flexibility index (Phi) is 3.53. The lowest BCUT2D eigenvalue weighted by Crippen LogP contribution is -2.47. The summed E-state index contributed by atoms with van der Waals surface area (Å²) in [6.07, 6.45) is 12.8. The first kappa shape index (κ1) is 12.7. The number of unbranched alkanes of at least 4 members (excludes halogenated alkanes) is 1. The van der Waals surface area contributed by atoms with Crippen LogP contribution in [0.15, 0.2) is 11.1 Å². The van der Waals surface area contributed by atoms with Gasteiger partial charge in [-0.05, 0) is 57.8 Å². The number of nitrogens with zero attached hydrogens (tertiary/aromatic N) is 1. The summed E-state index contributed by atoms with van der Waals surface area (Å²) >= 11 is 0. The van der Waals surface area contributed by atoms with E-state index in [1.165, 1.54) is 70.9 Å². The van der Waals surface area contributed by atoms with Crippen molar-refractivity contribution in [3.63, 3.8) is 0 Å². The van der Waals surface area contributed by atoms with Gasteiger partial charge in [0.05, 0.1) is 0 Å². The molecule has 0 radical (unpaired) electrons. The lowest BCUT2D eigenvalue weighted by atomic mass is 9.74. The third kappa shape index (κ3) is 2.05. The predicted molar refractivity (Wildman–Crippen MR) is 77.7 cm³/mol. The van der Waals surface area contributed by atoms with Crippen LogP contribution in [0.2, 0.25) is 0 Å². The summed E-state index contributed by atoms with van der Waals surface area (Å²) in [6.45, 7) is 7.61. The average Bonchev–Trinajstić information content (AvgIpc) is 2.73. The summed E-state index contributed by atoms with van der Waals surface area (Å²) < 4.78 is 0. The molecule has 1 saturated heterocycles. The molecule has 1 nitrogen and oxygen atoms in total. The molecule has 1 heteroatoms.